The van der Waals surface area contributed by atoms with Crippen LogP contribution in [0, 0.1) is 5.41 Å². The quantitative estimate of drug-likeness (QED) is 0.806. The number of amides is 2. The minimum atomic E-state index is -1.19. The van der Waals surface area contributed by atoms with E-state index < -0.39 is 5.41 Å². The number of hydrogen-bond acceptors (Lipinski definition) is 3. The van der Waals surface area contributed by atoms with Gasteiger partial charge in [0.2, 0.25) is 11.8 Å². The van der Waals surface area contributed by atoms with Gasteiger partial charge < -0.3 is 10.6 Å². The van der Waals surface area contributed by atoms with Gasteiger partial charge in [-0.2, -0.15) is 0 Å². The molecule has 0 radical (unpaired) electrons. The van der Waals surface area contributed by atoms with Crippen LogP contribution in [0.2, 0.25) is 0 Å². The summed E-state index contributed by atoms with van der Waals surface area (Å²) < 4.78 is 0. The van der Waals surface area contributed by atoms with Gasteiger partial charge in [0.15, 0.2) is 0 Å². The lowest BCUT2D eigenvalue weighted by Crippen LogP contribution is -2.44. The molecule has 0 spiro atoms. The van der Waals surface area contributed by atoms with Gasteiger partial charge in [-0.1, -0.05) is 39.0 Å². The van der Waals surface area contributed by atoms with Crippen LogP contribution in [-0.4, -0.2) is 16.8 Å². The summed E-state index contributed by atoms with van der Waals surface area (Å²) in [5.74, 6) is -0.671. The summed E-state index contributed by atoms with van der Waals surface area (Å²) in [7, 11) is 0. The molecule has 1 aromatic carbocycles. The fourth-order valence-electron chi connectivity index (χ4n) is 2.35. The van der Waals surface area contributed by atoms with Gasteiger partial charge in [-0.15, -0.1) is 0 Å². The maximum absolute atomic E-state index is 12.6. The van der Waals surface area contributed by atoms with E-state index in [4.69, 9.17) is 0 Å². The molecule has 0 fully saturated rings. The maximum Gasteiger partial charge on any atom is 0.239 e. The molecule has 2 amide bonds. The van der Waals surface area contributed by atoms with Crippen LogP contribution in [0.25, 0.3) is 0 Å². The Hall–Kier alpha value is -2.69. The van der Waals surface area contributed by atoms with Gasteiger partial charge in [-0.05, 0) is 48.6 Å². The zero-order chi connectivity index (χ0) is 19.4. The number of carbonyl (C=O) groups is 2. The van der Waals surface area contributed by atoms with Crippen molar-refractivity contribution in [2.24, 2.45) is 5.41 Å². The molecule has 26 heavy (non-hydrogen) atoms. The van der Waals surface area contributed by atoms with E-state index in [0.29, 0.717) is 12.2 Å². The van der Waals surface area contributed by atoms with E-state index in [1.54, 1.807) is 32.3 Å². The smallest absolute Gasteiger partial charge is 0.239 e. The molecule has 5 nitrogen and oxygen atoms in total. The second-order valence-corrected chi connectivity index (χ2v) is 7.95. The van der Waals surface area contributed by atoms with E-state index in [-0.39, 0.29) is 17.2 Å². The summed E-state index contributed by atoms with van der Waals surface area (Å²) in [5.41, 5.74) is 1.61. The highest BCUT2D eigenvalue weighted by Gasteiger charge is 2.36. The number of nitrogens with zero attached hydrogens (tertiary/aromatic N) is 1. The average molecular weight is 353 g/mol. The third-order valence-corrected chi connectivity index (χ3v) is 4.32. The SMILES string of the molecule is CC(C)(C(=O)NCc1cccnc1)C(=O)Nc1ccc(C(C)(C)C)cc1. The Morgan fingerprint density at radius 1 is 0.962 bits per heavy atom. The Morgan fingerprint density at radius 3 is 2.15 bits per heavy atom. The van der Waals surface area contributed by atoms with Crippen LogP contribution in [-0.2, 0) is 21.5 Å². The van der Waals surface area contributed by atoms with Gasteiger partial charge in [-0.25, -0.2) is 0 Å². The van der Waals surface area contributed by atoms with E-state index >= 15 is 0 Å². The number of hydrogen-bond donors (Lipinski definition) is 2. The van der Waals surface area contributed by atoms with E-state index in [1.807, 2.05) is 30.3 Å². The molecule has 0 bridgehead atoms. The molecule has 1 aromatic heterocycles. The molecular weight excluding hydrogens is 326 g/mol. The van der Waals surface area contributed by atoms with Gasteiger partial charge in [0.1, 0.15) is 5.41 Å². The van der Waals surface area contributed by atoms with Gasteiger partial charge in [0, 0.05) is 24.6 Å². The summed E-state index contributed by atoms with van der Waals surface area (Å²) in [6.07, 6.45) is 3.36. The number of pyridine rings is 1. The predicted octanol–water partition coefficient (Wildman–Crippen LogP) is 3.66. The molecule has 0 aliphatic heterocycles. The number of nitrogens with one attached hydrogen (secondary N) is 2. The lowest BCUT2D eigenvalue weighted by molar-refractivity contribution is -0.138. The number of carbonyl (C=O) groups excluding carboxylic acids is 2. The molecule has 138 valence electrons. The highest BCUT2D eigenvalue weighted by molar-refractivity contribution is 6.09. The summed E-state index contributed by atoms with van der Waals surface area (Å²) >= 11 is 0. The molecule has 2 rings (SSSR count). The third kappa shape index (κ3) is 4.91. The molecule has 0 saturated carbocycles. The zero-order valence-electron chi connectivity index (χ0n) is 16.1. The molecule has 0 saturated heterocycles. The molecule has 1 heterocycles. The normalized spacial score (nSPS) is 11.7. The third-order valence-electron chi connectivity index (χ3n) is 4.32. The Morgan fingerprint density at radius 2 is 1.62 bits per heavy atom. The maximum atomic E-state index is 12.6. The fraction of sp³-hybridized carbons (Fsp3) is 0.381. The summed E-state index contributed by atoms with van der Waals surface area (Å²) in [6.45, 7) is 9.97. The topological polar surface area (TPSA) is 71.1 Å². The van der Waals surface area contributed by atoms with Crippen molar-refractivity contribution in [2.75, 3.05) is 5.32 Å². The first kappa shape index (κ1) is 19.6. The van der Waals surface area contributed by atoms with Crippen LogP contribution >= 0.6 is 0 Å². The van der Waals surface area contributed by atoms with Gasteiger partial charge >= 0.3 is 0 Å². The van der Waals surface area contributed by atoms with E-state index in [9.17, 15) is 9.59 Å². The van der Waals surface area contributed by atoms with Crippen molar-refractivity contribution >= 4 is 17.5 Å². The highest BCUT2D eigenvalue weighted by Crippen LogP contribution is 2.25. The number of rotatable bonds is 5. The summed E-state index contributed by atoms with van der Waals surface area (Å²) in [4.78, 5) is 29.1. The van der Waals surface area contributed by atoms with E-state index in [2.05, 4.69) is 36.4 Å². The lowest BCUT2D eigenvalue weighted by Gasteiger charge is -2.23. The summed E-state index contributed by atoms with van der Waals surface area (Å²) in [5, 5.41) is 5.62. The molecular formula is C21H27N3O2. The Kier molecular flexibility index (Phi) is 5.80. The monoisotopic (exact) mass is 353 g/mol. The van der Waals surface area contributed by atoms with Crippen LogP contribution in [0.4, 0.5) is 5.69 Å². The van der Waals surface area contributed by atoms with Crippen molar-refractivity contribution in [1.29, 1.82) is 0 Å². The molecule has 2 N–H and O–H groups in total. The first-order valence-corrected chi connectivity index (χ1v) is 8.70. The van der Waals surface area contributed by atoms with Crippen molar-refractivity contribution in [2.45, 2.75) is 46.6 Å². The predicted molar refractivity (Wildman–Crippen MR) is 104 cm³/mol. The second kappa shape index (κ2) is 7.68. The molecule has 5 heteroatoms. The molecule has 0 unspecified atom stereocenters. The first-order valence-electron chi connectivity index (χ1n) is 8.70. The Bertz CT molecular complexity index is 760. The van der Waals surface area contributed by atoms with Crippen LogP contribution in [0.1, 0.15) is 45.7 Å². The van der Waals surface area contributed by atoms with Crippen molar-refractivity contribution < 1.29 is 9.59 Å². The average Bonchev–Trinajstić information content (AvgIpc) is 2.60. The van der Waals surface area contributed by atoms with Crippen molar-refractivity contribution in [3.8, 4) is 0 Å². The van der Waals surface area contributed by atoms with Crippen LogP contribution in [0.3, 0.4) is 0 Å². The van der Waals surface area contributed by atoms with Crippen molar-refractivity contribution in [3.05, 3.63) is 59.9 Å². The highest BCUT2D eigenvalue weighted by atomic mass is 16.2. The summed E-state index contributed by atoms with van der Waals surface area (Å²) in [6, 6.07) is 11.4. The van der Waals surface area contributed by atoms with Gasteiger partial charge in [-0.3, -0.25) is 14.6 Å². The number of anilines is 1. The molecule has 2 aromatic rings. The minimum absolute atomic E-state index is 0.0496. The van der Waals surface area contributed by atoms with Gasteiger partial charge in [0.25, 0.3) is 0 Å². The van der Waals surface area contributed by atoms with Gasteiger partial charge in [0.05, 0.1) is 0 Å². The molecule has 0 aliphatic carbocycles. The van der Waals surface area contributed by atoms with Crippen molar-refractivity contribution in [1.82, 2.24) is 10.3 Å². The molecule has 0 atom stereocenters. The Labute approximate surface area is 155 Å². The van der Waals surface area contributed by atoms with Crippen LogP contribution in [0.5, 0.6) is 0 Å². The van der Waals surface area contributed by atoms with Crippen molar-refractivity contribution in [3.63, 3.8) is 0 Å². The first-order chi connectivity index (χ1) is 12.1. The number of benzene rings is 1. The Balaban J connectivity index is 1.99. The molecule has 0 aliphatic rings. The van der Waals surface area contributed by atoms with Crippen LogP contribution in [0.15, 0.2) is 48.8 Å². The zero-order valence-corrected chi connectivity index (χ0v) is 16.1. The second-order valence-electron chi connectivity index (χ2n) is 7.95. The van der Waals surface area contributed by atoms with E-state index in [1.165, 1.54) is 5.56 Å². The standard InChI is InChI=1S/C21H27N3O2/c1-20(2,3)16-8-10-17(11-9-16)24-19(26)21(4,5)18(25)23-14-15-7-6-12-22-13-15/h6-13H,14H2,1-5H3,(H,23,25)(H,24,26). The number of aromatic nitrogens is 1. The minimum Gasteiger partial charge on any atom is -0.351 e. The van der Waals surface area contributed by atoms with Crippen LogP contribution < -0.4 is 10.6 Å². The largest absolute Gasteiger partial charge is 0.351 e. The lowest BCUT2D eigenvalue weighted by atomic mass is 9.87. The fourth-order valence-corrected chi connectivity index (χ4v) is 2.35. The van der Waals surface area contributed by atoms with E-state index in [0.717, 1.165) is 5.56 Å².